The number of fused-ring (bicyclic) bond motifs is 6. The number of aromatic nitrogens is 4. The van der Waals surface area contributed by atoms with Gasteiger partial charge in [-0.15, -0.1) is 0 Å². The number of benzene rings is 8. The summed E-state index contributed by atoms with van der Waals surface area (Å²) in [5, 5.41) is 5.86. The summed E-state index contributed by atoms with van der Waals surface area (Å²) < 4.78 is 2.34. The van der Waals surface area contributed by atoms with Crippen LogP contribution in [0.4, 0.5) is 0 Å². The Hall–Kier alpha value is -7.69. The van der Waals surface area contributed by atoms with Crippen LogP contribution < -0.4 is 0 Å². The molecule has 0 atom stereocenters. The molecule has 0 radical (unpaired) electrons. The summed E-state index contributed by atoms with van der Waals surface area (Å²) >= 11 is 0. The van der Waals surface area contributed by atoms with Gasteiger partial charge in [0.05, 0.1) is 33.6 Å². The zero-order valence-corrected chi connectivity index (χ0v) is 30.9. The zero-order chi connectivity index (χ0) is 37.7. The highest BCUT2D eigenvalue weighted by molar-refractivity contribution is 6.17. The summed E-state index contributed by atoms with van der Waals surface area (Å²) in [6.07, 6.45) is 0. The van der Waals surface area contributed by atoms with Crippen molar-refractivity contribution in [2.75, 3.05) is 0 Å². The number of pyridine rings is 1. The van der Waals surface area contributed by atoms with Gasteiger partial charge in [0.25, 0.3) is 0 Å². The fourth-order valence-electron chi connectivity index (χ4n) is 8.35. The standard InChI is InChI=1S/C53H34N4/c1-4-15-35(16-5-1)45-33-47(36-17-6-2-7-18-36)54-46-32-31-40-41(23-14-24-44(40)52(45)46)49-34-48(55-53(56-49)38-19-8-3-9-20-38)37-27-29-39(30-28-37)57-50-25-12-10-21-42(50)43-22-11-13-26-51(43)57/h1-34H. The van der Waals surface area contributed by atoms with E-state index in [0.29, 0.717) is 5.82 Å². The van der Waals surface area contributed by atoms with Gasteiger partial charge in [0.2, 0.25) is 0 Å². The Kier molecular flexibility index (Phi) is 7.78. The van der Waals surface area contributed by atoms with Crippen LogP contribution in [-0.4, -0.2) is 19.5 Å². The molecule has 0 saturated heterocycles. The number of nitrogens with zero attached hydrogens (tertiary/aromatic N) is 4. The molecule has 0 amide bonds. The smallest absolute Gasteiger partial charge is 0.160 e. The van der Waals surface area contributed by atoms with Gasteiger partial charge in [-0.1, -0.05) is 164 Å². The summed E-state index contributed by atoms with van der Waals surface area (Å²) in [4.78, 5) is 15.7. The Morgan fingerprint density at radius 1 is 0.316 bits per heavy atom. The molecular weight excluding hydrogens is 693 g/mol. The van der Waals surface area contributed by atoms with E-state index >= 15 is 0 Å². The molecule has 0 aliphatic rings. The predicted molar refractivity (Wildman–Crippen MR) is 236 cm³/mol. The van der Waals surface area contributed by atoms with Gasteiger partial charge in [-0.2, -0.15) is 0 Å². The average Bonchev–Trinajstić information content (AvgIpc) is 3.63. The van der Waals surface area contributed by atoms with Crippen LogP contribution in [-0.2, 0) is 0 Å². The first-order valence-corrected chi connectivity index (χ1v) is 19.3. The Morgan fingerprint density at radius 2 is 0.860 bits per heavy atom. The monoisotopic (exact) mass is 726 g/mol. The van der Waals surface area contributed by atoms with E-state index in [2.05, 4.69) is 187 Å². The molecule has 57 heavy (non-hydrogen) atoms. The van der Waals surface area contributed by atoms with Gasteiger partial charge < -0.3 is 4.57 Å². The second kappa shape index (κ2) is 13.6. The van der Waals surface area contributed by atoms with E-state index in [1.54, 1.807) is 0 Å². The molecule has 4 nitrogen and oxygen atoms in total. The molecule has 0 unspecified atom stereocenters. The topological polar surface area (TPSA) is 43.6 Å². The summed E-state index contributed by atoms with van der Waals surface area (Å²) in [6, 6.07) is 72.6. The van der Waals surface area contributed by atoms with Crippen LogP contribution in [0.2, 0.25) is 0 Å². The van der Waals surface area contributed by atoms with Gasteiger partial charge in [0, 0.05) is 44.1 Å². The molecule has 11 rings (SSSR count). The van der Waals surface area contributed by atoms with Gasteiger partial charge in [-0.3, -0.25) is 0 Å². The maximum Gasteiger partial charge on any atom is 0.160 e. The molecule has 3 aromatic heterocycles. The Bertz CT molecular complexity index is 3210. The molecule has 8 aromatic carbocycles. The maximum absolute atomic E-state index is 5.26. The summed E-state index contributed by atoms with van der Waals surface area (Å²) in [6.45, 7) is 0. The third kappa shape index (κ3) is 5.66. The van der Waals surface area contributed by atoms with Crippen LogP contribution >= 0.6 is 0 Å². The first kappa shape index (κ1) is 32.7. The van der Waals surface area contributed by atoms with Crippen LogP contribution in [0, 0.1) is 0 Å². The molecular formula is C53H34N4. The molecule has 3 heterocycles. The summed E-state index contributed by atoms with van der Waals surface area (Å²) in [7, 11) is 0. The molecule has 0 fully saturated rings. The Labute approximate surface area is 330 Å². The number of hydrogen-bond donors (Lipinski definition) is 0. The summed E-state index contributed by atoms with van der Waals surface area (Å²) in [5.41, 5.74) is 13.6. The lowest BCUT2D eigenvalue weighted by Gasteiger charge is -2.15. The molecule has 0 N–H and O–H groups in total. The van der Waals surface area contributed by atoms with E-state index in [0.717, 1.165) is 77.8 Å². The zero-order valence-electron chi connectivity index (χ0n) is 30.9. The van der Waals surface area contributed by atoms with Crippen LogP contribution in [0.25, 0.3) is 105 Å². The lowest BCUT2D eigenvalue weighted by molar-refractivity contribution is 1.17. The van der Waals surface area contributed by atoms with Crippen molar-refractivity contribution in [2.24, 2.45) is 0 Å². The third-order valence-electron chi connectivity index (χ3n) is 11.0. The van der Waals surface area contributed by atoms with E-state index in [1.165, 1.54) is 21.8 Å². The number of rotatable bonds is 6. The van der Waals surface area contributed by atoms with Gasteiger partial charge in [0.1, 0.15) is 0 Å². The summed E-state index contributed by atoms with van der Waals surface area (Å²) in [5.74, 6) is 0.687. The first-order valence-electron chi connectivity index (χ1n) is 19.3. The SMILES string of the molecule is c1ccc(-c2cc(-c3ccccc3)c3c(ccc4c(-c5cc(-c6ccc(-n7c8ccccc8c8ccccc87)cc6)nc(-c6ccccc6)n5)cccc43)n2)cc1. The van der Waals surface area contributed by atoms with Crippen LogP contribution in [0.5, 0.6) is 0 Å². The Balaban J connectivity index is 1.09. The minimum absolute atomic E-state index is 0.687. The fourth-order valence-corrected chi connectivity index (χ4v) is 8.35. The number of para-hydroxylation sites is 2. The average molecular weight is 727 g/mol. The minimum atomic E-state index is 0.687. The van der Waals surface area contributed by atoms with E-state index in [1.807, 2.05) is 24.3 Å². The lowest BCUT2D eigenvalue weighted by atomic mass is 9.92. The lowest BCUT2D eigenvalue weighted by Crippen LogP contribution is -1.98. The van der Waals surface area contributed by atoms with Crippen molar-refractivity contribution in [2.45, 2.75) is 0 Å². The van der Waals surface area contributed by atoms with E-state index < -0.39 is 0 Å². The highest BCUT2D eigenvalue weighted by Gasteiger charge is 2.18. The van der Waals surface area contributed by atoms with Crippen molar-refractivity contribution in [3.63, 3.8) is 0 Å². The molecule has 0 saturated carbocycles. The largest absolute Gasteiger partial charge is 0.309 e. The van der Waals surface area contributed by atoms with Crippen molar-refractivity contribution in [1.82, 2.24) is 19.5 Å². The van der Waals surface area contributed by atoms with Crippen molar-refractivity contribution in [3.05, 3.63) is 206 Å². The third-order valence-corrected chi connectivity index (χ3v) is 11.0. The second-order valence-corrected chi connectivity index (χ2v) is 14.4. The maximum atomic E-state index is 5.26. The van der Waals surface area contributed by atoms with Crippen molar-refractivity contribution < 1.29 is 0 Å². The normalized spacial score (nSPS) is 11.5. The van der Waals surface area contributed by atoms with Crippen molar-refractivity contribution in [3.8, 4) is 62.0 Å². The van der Waals surface area contributed by atoms with Crippen molar-refractivity contribution in [1.29, 1.82) is 0 Å². The number of hydrogen-bond acceptors (Lipinski definition) is 3. The van der Waals surface area contributed by atoms with Gasteiger partial charge in [-0.05, 0) is 64.4 Å². The fraction of sp³-hybridized carbons (Fsp3) is 0. The second-order valence-electron chi connectivity index (χ2n) is 14.4. The minimum Gasteiger partial charge on any atom is -0.309 e. The molecule has 11 aromatic rings. The Morgan fingerprint density at radius 3 is 1.54 bits per heavy atom. The molecule has 0 aliphatic carbocycles. The van der Waals surface area contributed by atoms with Gasteiger partial charge >= 0.3 is 0 Å². The first-order chi connectivity index (χ1) is 28.3. The molecule has 266 valence electrons. The van der Waals surface area contributed by atoms with Crippen molar-refractivity contribution >= 4 is 43.5 Å². The molecule has 0 bridgehead atoms. The van der Waals surface area contributed by atoms with E-state index in [4.69, 9.17) is 15.0 Å². The van der Waals surface area contributed by atoms with Crippen LogP contribution in [0.15, 0.2) is 206 Å². The molecule has 4 heteroatoms. The highest BCUT2D eigenvalue weighted by Crippen LogP contribution is 2.40. The van der Waals surface area contributed by atoms with Crippen LogP contribution in [0.3, 0.4) is 0 Å². The molecule has 0 aliphatic heterocycles. The highest BCUT2D eigenvalue weighted by atomic mass is 15.0. The quantitative estimate of drug-likeness (QED) is 0.160. The van der Waals surface area contributed by atoms with E-state index in [-0.39, 0.29) is 0 Å². The van der Waals surface area contributed by atoms with E-state index in [9.17, 15) is 0 Å². The predicted octanol–water partition coefficient (Wildman–Crippen LogP) is 13.6. The van der Waals surface area contributed by atoms with Crippen LogP contribution in [0.1, 0.15) is 0 Å². The van der Waals surface area contributed by atoms with Gasteiger partial charge in [-0.25, -0.2) is 15.0 Å². The molecule has 0 spiro atoms. The van der Waals surface area contributed by atoms with Gasteiger partial charge in [0.15, 0.2) is 5.82 Å².